The third-order valence-corrected chi connectivity index (χ3v) is 5.00. The number of benzene rings is 1. The van der Waals surface area contributed by atoms with Gasteiger partial charge in [-0.15, -0.1) is 10.2 Å². The highest BCUT2D eigenvalue weighted by atomic mass is 32.1. The maximum atomic E-state index is 12.1. The molecule has 0 spiro atoms. The SMILES string of the molecule is Cc1c(NC(=S)NC(=O)C(C)(C)C)cccc1-c1nn2c(C)nnc2s1. The molecule has 3 rings (SSSR count). The number of carbonyl (C=O) groups is 1. The Morgan fingerprint density at radius 3 is 2.62 bits per heavy atom. The number of fused-ring (bicyclic) bond motifs is 1. The zero-order valence-electron chi connectivity index (χ0n) is 15.2. The van der Waals surface area contributed by atoms with E-state index in [0.29, 0.717) is 0 Å². The summed E-state index contributed by atoms with van der Waals surface area (Å²) in [4.78, 5) is 12.8. The maximum Gasteiger partial charge on any atom is 0.234 e. The van der Waals surface area contributed by atoms with Gasteiger partial charge in [0.15, 0.2) is 10.9 Å². The lowest BCUT2D eigenvalue weighted by Gasteiger charge is -2.19. The van der Waals surface area contributed by atoms with Crippen molar-refractivity contribution < 1.29 is 4.79 Å². The number of anilines is 1. The van der Waals surface area contributed by atoms with Crippen LogP contribution in [-0.2, 0) is 4.79 Å². The van der Waals surface area contributed by atoms with Crippen LogP contribution in [0, 0.1) is 19.3 Å². The Morgan fingerprint density at radius 1 is 1.23 bits per heavy atom. The number of amides is 1. The summed E-state index contributed by atoms with van der Waals surface area (Å²) in [5.41, 5.74) is 2.28. The van der Waals surface area contributed by atoms with Crippen molar-refractivity contribution >= 4 is 45.2 Å². The highest BCUT2D eigenvalue weighted by Crippen LogP contribution is 2.31. The average Bonchev–Trinajstić information content (AvgIpc) is 3.11. The molecule has 0 radical (unpaired) electrons. The molecule has 0 saturated carbocycles. The van der Waals surface area contributed by atoms with Gasteiger partial charge < -0.3 is 10.6 Å². The zero-order chi connectivity index (χ0) is 19.1. The van der Waals surface area contributed by atoms with Gasteiger partial charge in [0.25, 0.3) is 0 Å². The van der Waals surface area contributed by atoms with Crippen molar-refractivity contribution in [2.24, 2.45) is 5.41 Å². The minimum Gasteiger partial charge on any atom is -0.332 e. The highest BCUT2D eigenvalue weighted by Gasteiger charge is 2.22. The lowest BCUT2D eigenvalue weighted by atomic mass is 9.96. The number of aromatic nitrogens is 4. The van der Waals surface area contributed by atoms with E-state index in [2.05, 4.69) is 25.9 Å². The predicted octanol–water partition coefficient (Wildman–Crippen LogP) is 3.33. The zero-order valence-corrected chi connectivity index (χ0v) is 16.9. The van der Waals surface area contributed by atoms with Gasteiger partial charge in [-0.2, -0.15) is 9.61 Å². The molecule has 1 amide bonds. The van der Waals surface area contributed by atoms with Gasteiger partial charge in [-0.25, -0.2) is 0 Å². The molecule has 0 atom stereocenters. The molecule has 0 saturated heterocycles. The Balaban J connectivity index is 1.85. The van der Waals surface area contributed by atoms with Gasteiger partial charge in [0.2, 0.25) is 10.9 Å². The minimum atomic E-state index is -0.510. The predicted molar refractivity (Wildman–Crippen MR) is 107 cm³/mol. The molecular formula is C17H20N6OS2. The Hall–Kier alpha value is -2.39. The monoisotopic (exact) mass is 388 g/mol. The number of hydrogen-bond donors (Lipinski definition) is 2. The first-order valence-corrected chi connectivity index (χ1v) is 9.30. The smallest absolute Gasteiger partial charge is 0.234 e. The molecule has 0 aliphatic carbocycles. The molecule has 0 aliphatic rings. The van der Waals surface area contributed by atoms with Crippen molar-refractivity contribution in [3.63, 3.8) is 0 Å². The summed E-state index contributed by atoms with van der Waals surface area (Å²) >= 11 is 6.75. The summed E-state index contributed by atoms with van der Waals surface area (Å²) in [5.74, 6) is 0.619. The highest BCUT2D eigenvalue weighted by molar-refractivity contribution is 7.80. The molecule has 136 valence electrons. The molecule has 0 unspecified atom stereocenters. The number of thiocarbonyl (C=S) groups is 1. The van der Waals surface area contributed by atoms with Crippen LogP contribution in [0.1, 0.15) is 32.2 Å². The van der Waals surface area contributed by atoms with E-state index >= 15 is 0 Å². The summed E-state index contributed by atoms with van der Waals surface area (Å²) in [6.45, 7) is 9.37. The van der Waals surface area contributed by atoms with Crippen LogP contribution < -0.4 is 10.6 Å². The third-order valence-electron chi connectivity index (χ3n) is 3.87. The molecule has 9 heteroatoms. The van der Waals surface area contributed by atoms with Crippen molar-refractivity contribution in [3.05, 3.63) is 29.6 Å². The van der Waals surface area contributed by atoms with Crippen molar-refractivity contribution in [3.8, 4) is 10.6 Å². The maximum absolute atomic E-state index is 12.1. The van der Waals surface area contributed by atoms with E-state index in [9.17, 15) is 4.79 Å². The first kappa shape index (κ1) is 18.4. The van der Waals surface area contributed by atoms with Crippen molar-refractivity contribution in [1.82, 2.24) is 25.1 Å². The lowest BCUT2D eigenvalue weighted by Crippen LogP contribution is -2.41. The fraction of sp³-hybridized carbons (Fsp3) is 0.353. The van der Waals surface area contributed by atoms with Gasteiger partial charge in [-0.05, 0) is 37.7 Å². The first-order valence-electron chi connectivity index (χ1n) is 8.08. The molecule has 2 heterocycles. The summed E-state index contributed by atoms with van der Waals surface area (Å²) in [7, 11) is 0. The van der Waals surface area contributed by atoms with E-state index < -0.39 is 5.41 Å². The van der Waals surface area contributed by atoms with Crippen LogP contribution in [0.4, 0.5) is 5.69 Å². The van der Waals surface area contributed by atoms with Crippen LogP contribution in [0.25, 0.3) is 15.5 Å². The Kier molecular flexibility index (Phi) is 4.76. The van der Waals surface area contributed by atoms with Gasteiger partial charge in [0.05, 0.1) is 0 Å². The summed E-state index contributed by atoms with van der Waals surface area (Å²) < 4.78 is 1.73. The Morgan fingerprint density at radius 2 is 1.96 bits per heavy atom. The second kappa shape index (κ2) is 6.73. The molecule has 0 bridgehead atoms. The van der Waals surface area contributed by atoms with Gasteiger partial charge in [0.1, 0.15) is 5.01 Å². The van der Waals surface area contributed by atoms with E-state index in [1.54, 1.807) is 4.52 Å². The van der Waals surface area contributed by atoms with Crippen molar-refractivity contribution in [2.45, 2.75) is 34.6 Å². The molecule has 0 aliphatic heterocycles. The number of carbonyl (C=O) groups excluding carboxylic acids is 1. The van der Waals surface area contributed by atoms with Gasteiger partial charge >= 0.3 is 0 Å². The minimum absolute atomic E-state index is 0.132. The number of hydrogen-bond acceptors (Lipinski definition) is 6. The van der Waals surface area contributed by atoms with Crippen LogP contribution in [0.5, 0.6) is 0 Å². The number of nitrogens with zero attached hydrogens (tertiary/aromatic N) is 4. The first-order chi connectivity index (χ1) is 12.2. The van der Waals surface area contributed by atoms with E-state index in [1.165, 1.54) is 11.3 Å². The van der Waals surface area contributed by atoms with E-state index in [0.717, 1.165) is 32.6 Å². The number of rotatable bonds is 2. The fourth-order valence-corrected chi connectivity index (χ4v) is 3.44. The molecular weight excluding hydrogens is 368 g/mol. The molecule has 26 heavy (non-hydrogen) atoms. The molecule has 1 aromatic carbocycles. The van der Waals surface area contributed by atoms with Gasteiger partial charge in [0, 0.05) is 16.7 Å². The lowest BCUT2D eigenvalue weighted by molar-refractivity contribution is -0.126. The van der Waals surface area contributed by atoms with E-state index in [4.69, 9.17) is 12.2 Å². The standard InChI is InChI=1S/C17H20N6OS2/c1-9-11(13-22-23-10(2)20-21-16(23)26-13)7-6-8-12(9)18-15(25)19-14(24)17(3,4)5/h6-8H,1-5H3,(H2,18,19,24,25). The molecule has 0 fully saturated rings. The average molecular weight is 389 g/mol. The molecule has 2 N–H and O–H groups in total. The van der Waals surface area contributed by atoms with E-state index in [-0.39, 0.29) is 11.0 Å². The van der Waals surface area contributed by atoms with Crippen LogP contribution in [0.2, 0.25) is 0 Å². The second-order valence-corrected chi connectivity index (χ2v) is 8.35. The van der Waals surface area contributed by atoms with Crippen molar-refractivity contribution in [1.29, 1.82) is 0 Å². The summed E-state index contributed by atoms with van der Waals surface area (Å²) in [5, 5.41) is 19.7. The molecule has 2 aromatic heterocycles. The van der Waals surface area contributed by atoms with Crippen LogP contribution in [0.15, 0.2) is 18.2 Å². The van der Waals surface area contributed by atoms with E-state index in [1.807, 2.05) is 52.8 Å². The van der Waals surface area contributed by atoms with Crippen molar-refractivity contribution in [2.75, 3.05) is 5.32 Å². The van der Waals surface area contributed by atoms with Crippen LogP contribution >= 0.6 is 23.6 Å². The van der Waals surface area contributed by atoms with Crippen LogP contribution in [-0.4, -0.2) is 30.8 Å². The summed E-state index contributed by atoms with van der Waals surface area (Å²) in [6, 6.07) is 5.84. The molecule has 7 nitrogen and oxygen atoms in total. The Bertz CT molecular complexity index is 999. The summed E-state index contributed by atoms with van der Waals surface area (Å²) in [6.07, 6.45) is 0. The number of aryl methyl sites for hydroxylation is 1. The quantitative estimate of drug-likeness (QED) is 0.655. The largest absolute Gasteiger partial charge is 0.332 e. The number of nitrogens with one attached hydrogen (secondary N) is 2. The third kappa shape index (κ3) is 3.58. The Labute approximate surface area is 160 Å². The normalized spacial score (nSPS) is 11.6. The van der Waals surface area contributed by atoms with Crippen LogP contribution in [0.3, 0.4) is 0 Å². The second-order valence-electron chi connectivity index (χ2n) is 6.99. The molecule has 3 aromatic rings. The fourth-order valence-electron chi connectivity index (χ4n) is 2.27. The van der Waals surface area contributed by atoms with Gasteiger partial charge in [-0.1, -0.05) is 44.2 Å². The van der Waals surface area contributed by atoms with Gasteiger partial charge in [-0.3, -0.25) is 4.79 Å². The topological polar surface area (TPSA) is 84.2 Å².